The van der Waals surface area contributed by atoms with E-state index in [1.54, 1.807) is 0 Å². The fourth-order valence-corrected chi connectivity index (χ4v) is 5.66. The van der Waals surface area contributed by atoms with E-state index < -0.39 is 0 Å². The van der Waals surface area contributed by atoms with Crippen LogP contribution in [0.3, 0.4) is 0 Å². The minimum Gasteiger partial charge on any atom is -0.491 e. The number of hydrogen-bond donors (Lipinski definition) is 0. The van der Waals surface area contributed by atoms with Gasteiger partial charge in [0.1, 0.15) is 29.7 Å². The van der Waals surface area contributed by atoms with Crippen molar-refractivity contribution in [1.82, 2.24) is 39.0 Å². The van der Waals surface area contributed by atoms with Gasteiger partial charge in [0.2, 0.25) is 0 Å². The highest BCUT2D eigenvalue weighted by atomic mass is 16.5. The molecule has 188 valence electrons. The molecule has 1 fully saturated rings. The Balaban J connectivity index is 1.39. The predicted octanol–water partition coefficient (Wildman–Crippen LogP) is 4.30. The van der Waals surface area contributed by atoms with Crippen LogP contribution in [0.1, 0.15) is 50.2 Å². The topological polar surface area (TPSA) is 78.8 Å². The molecule has 9 heteroatoms. The van der Waals surface area contributed by atoms with Crippen LogP contribution in [0.2, 0.25) is 0 Å². The first kappa shape index (κ1) is 23.0. The van der Waals surface area contributed by atoms with Crippen molar-refractivity contribution in [3.05, 3.63) is 42.1 Å². The lowest BCUT2D eigenvalue weighted by atomic mass is 9.90. The molecule has 1 saturated heterocycles. The third-order valence-electron chi connectivity index (χ3n) is 7.35. The van der Waals surface area contributed by atoms with Crippen molar-refractivity contribution in [1.29, 1.82) is 0 Å². The molecule has 0 spiro atoms. The zero-order valence-corrected chi connectivity index (χ0v) is 21.8. The van der Waals surface area contributed by atoms with Crippen LogP contribution in [-0.2, 0) is 13.6 Å². The first-order chi connectivity index (χ1) is 17.4. The smallest absolute Gasteiger partial charge is 0.178 e. The third-order valence-corrected chi connectivity index (χ3v) is 7.35. The molecule has 2 aliphatic rings. The third kappa shape index (κ3) is 3.91. The van der Waals surface area contributed by atoms with Gasteiger partial charge in [-0.25, -0.2) is 14.6 Å². The van der Waals surface area contributed by atoms with Crippen LogP contribution in [0.5, 0.6) is 5.75 Å². The highest BCUT2D eigenvalue weighted by Crippen LogP contribution is 2.39. The van der Waals surface area contributed by atoms with E-state index in [4.69, 9.17) is 9.72 Å². The lowest BCUT2D eigenvalue weighted by molar-refractivity contribution is 0.246. The number of nitrogens with zero attached hydrogens (tertiary/aromatic N) is 8. The number of ether oxygens (including phenoxy) is 1. The molecule has 0 N–H and O–H groups in total. The van der Waals surface area contributed by atoms with E-state index in [2.05, 4.69) is 81.7 Å². The molecule has 1 atom stereocenters. The molecular formula is C27H34N8O. The van der Waals surface area contributed by atoms with Crippen molar-refractivity contribution in [2.45, 2.75) is 52.1 Å². The van der Waals surface area contributed by atoms with Gasteiger partial charge < -0.3 is 14.2 Å². The van der Waals surface area contributed by atoms with E-state index in [0.29, 0.717) is 12.5 Å². The van der Waals surface area contributed by atoms with Crippen molar-refractivity contribution in [2.24, 2.45) is 7.05 Å². The van der Waals surface area contributed by atoms with Gasteiger partial charge in [-0.2, -0.15) is 10.2 Å². The second-order valence-electron chi connectivity index (χ2n) is 10.4. The minimum atomic E-state index is 0.207. The van der Waals surface area contributed by atoms with E-state index in [1.165, 1.54) is 24.1 Å². The van der Waals surface area contributed by atoms with E-state index in [1.807, 2.05) is 17.8 Å². The van der Waals surface area contributed by atoms with Gasteiger partial charge in [-0.1, -0.05) is 6.07 Å². The molecule has 0 amide bonds. The van der Waals surface area contributed by atoms with Gasteiger partial charge in [-0.15, -0.1) is 0 Å². The number of benzene rings is 1. The molecule has 0 bridgehead atoms. The minimum absolute atomic E-state index is 0.207. The number of imidazole rings is 1. The summed E-state index contributed by atoms with van der Waals surface area (Å²) in [6.45, 7) is 9.69. The zero-order chi connectivity index (χ0) is 25.0. The molecule has 4 aromatic rings. The summed E-state index contributed by atoms with van der Waals surface area (Å²) >= 11 is 0. The quantitative estimate of drug-likeness (QED) is 0.428. The monoisotopic (exact) mass is 486 g/mol. The molecule has 2 aliphatic heterocycles. The SMILES string of the molecule is Cc1nc(-c2cn3c(n2)-c2ccc(-c4cnn(C)c4C4CCCN(C)C4)cc2OCC3)n(C(C)C)n1. The van der Waals surface area contributed by atoms with Crippen molar-refractivity contribution >= 4 is 0 Å². The Morgan fingerprint density at radius 3 is 2.72 bits per heavy atom. The van der Waals surface area contributed by atoms with Crippen molar-refractivity contribution < 1.29 is 4.74 Å². The fraction of sp³-hybridized carbons (Fsp3) is 0.481. The first-order valence-electron chi connectivity index (χ1n) is 12.9. The van der Waals surface area contributed by atoms with E-state index in [9.17, 15) is 0 Å². The van der Waals surface area contributed by atoms with Crippen molar-refractivity contribution in [3.8, 4) is 39.8 Å². The second-order valence-corrected chi connectivity index (χ2v) is 10.4. The maximum Gasteiger partial charge on any atom is 0.178 e. The Morgan fingerprint density at radius 2 is 1.92 bits per heavy atom. The number of hydrogen-bond acceptors (Lipinski definition) is 6. The molecule has 9 nitrogen and oxygen atoms in total. The lowest BCUT2D eigenvalue weighted by Gasteiger charge is -2.30. The number of aromatic nitrogens is 7. The lowest BCUT2D eigenvalue weighted by Crippen LogP contribution is -2.31. The normalized spacial score (nSPS) is 18.1. The van der Waals surface area contributed by atoms with Gasteiger partial charge in [0, 0.05) is 37.3 Å². The Hall–Kier alpha value is -3.46. The maximum absolute atomic E-state index is 6.24. The van der Waals surface area contributed by atoms with Crippen molar-refractivity contribution in [2.75, 3.05) is 26.7 Å². The maximum atomic E-state index is 6.24. The van der Waals surface area contributed by atoms with Crippen molar-refractivity contribution in [3.63, 3.8) is 0 Å². The molecule has 1 unspecified atom stereocenters. The molecule has 0 saturated carbocycles. The molecule has 6 rings (SSSR count). The van der Waals surface area contributed by atoms with Gasteiger partial charge >= 0.3 is 0 Å². The highest BCUT2D eigenvalue weighted by Gasteiger charge is 2.27. The Morgan fingerprint density at radius 1 is 1.06 bits per heavy atom. The Bertz CT molecular complexity index is 1410. The first-order valence-corrected chi connectivity index (χ1v) is 12.9. The van der Waals surface area contributed by atoms with E-state index >= 15 is 0 Å². The summed E-state index contributed by atoms with van der Waals surface area (Å²) in [4.78, 5) is 12.1. The average Bonchev–Trinajstić information content (AvgIpc) is 3.53. The van der Waals surface area contributed by atoms with Gasteiger partial charge in [-0.3, -0.25) is 4.68 Å². The van der Waals surface area contributed by atoms with Crippen LogP contribution in [0.4, 0.5) is 0 Å². The number of likely N-dealkylation sites (tertiary alicyclic amines) is 1. The fourth-order valence-electron chi connectivity index (χ4n) is 5.66. The molecular weight excluding hydrogens is 452 g/mol. The number of likely N-dealkylation sites (N-methyl/N-ethyl adjacent to an activating group) is 1. The van der Waals surface area contributed by atoms with Crippen LogP contribution >= 0.6 is 0 Å². The van der Waals surface area contributed by atoms with Gasteiger partial charge in [0.25, 0.3) is 0 Å². The molecule has 1 aromatic carbocycles. The van der Waals surface area contributed by atoms with E-state index in [0.717, 1.165) is 59.7 Å². The van der Waals surface area contributed by atoms with Crippen LogP contribution in [0, 0.1) is 6.92 Å². The summed E-state index contributed by atoms with van der Waals surface area (Å²) in [5, 5.41) is 9.22. The summed E-state index contributed by atoms with van der Waals surface area (Å²) in [6, 6.07) is 6.69. The van der Waals surface area contributed by atoms with Gasteiger partial charge in [0.15, 0.2) is 5.82 Å². The summed E-state index contributed by atoms with van der Waals surface area (Å²) in [7, 11) is 4.27. The predicted molar refractivity (Wildman–Crippen MR) is 139 cm³/mol. The number of rotatable bonds is 4. The average molecular weight is 487 g/mol. The Labute approximate surface area is 211 Å². The largest absolute Gasteiger partial charge is 0.491 e. The number of piperidine rings is 1. The summed E-state index contributed by atoms with van der Waals surface area (Å²) in [6.07, 6.45) is 6.48. The molecule has 5 heterocycles. The zero-order valence-electron chi connectivity index (χ0n) is 21.8. The highest BCUT2D eigenvalue weighted by molar-refractivity contribution is 5.76. The van der Waals surface area contributed by atoms with Crippen LogP contribution in [-0.4, -0.2) is 65.7 Å². The summed E-state index contributed by atoms with van der Waals surface area (Å²) in [5.41, 5.74) is 5.48. The Kier molecular flexibility index (Phi) is 5.67. The standard InChI is InChI=1S/C27H34N8O/c1-17(2)35-27(29-18(3)31-35)23-16-34-11-12-36-24-13-19(8-9-21(24)26(34)30-23)22-14-28-33(5)25(22)20-7-6-10-32(4)15-20/h8-9,13-14,16-17,20H,6-7,10-12,15H2,1-5H3. The van der Waals surface area contributed by atoms with Crippen LogP contribution < -0.4 is 4.74 Å². The number of fused-ring (bicyclic) bond motifs is 3. The second kappa shape index (κ2) is 8.89. The van der Waals surface area contributed by atoms with Gasteiger partial charge in [-0.05, 0) is 64.9 Å². The number of aryl methyl sites for hydroxylation is 2. The van der Waals surface area contributed by atoms with Crippen LogP contribution in [0.15, 0.2) is 30.6 Å². The van der Waals surface area contributed by atoms with E-state index in [-0.39, 0.29) is 6.04 Å². The van der Waals surface area contributed by atoms with Gasteiger partial charge in [0.05, 0.1) is 24.0 Å². The molecule has 0 aliphatic carbocycles. The summed E-state index contributed by atoms with van der Waals surface area (Å²) < 4.78 is 12.4. The van der Waals surface area contributed by atoms with Crippen LogP contribution in [0.25, 0.3) is 34.0 Å². The molecule has 36 heavy (non-hydrogen) atoms. The molecule has 0 radical (unpaired) electrons. The molecule has 3 aromatic heterocycles. The summed E-state index contributed by atoms with van der Waals surface area (Å²) in [5.74, 6) is 3.81.